The molecule has 2 aromatic carbocycles. The molecule has 1 fully saturated rings. The van der Waals surface area contributed by atoms with Crippen LogP contribution in [0.2, 0.25) is 0 Å². The summed E-state index contributed by atoms with van der Waals surface area (Å²) in [4.78, 5) is 28.6. The van der Waals surface area contributed by atoms with Crippen LogP contribution in [0.4, 0.5) is 4.79 Å². The summed E-state index contributed by atoms with van der Waals surface area (Å²) >= 11 is 0. The molecule has 1 aliphatic carbocycles. The fourth-order valence-corrected chi connectivity index (χ4v) is 4.84. The van der Waals surface area contributed by atoms with Crippen molar-refractivity contribution in [1.82, 2.24) is 9.80 Å². The molecule has 0 saturated carbocycles. The molecule has 0 bridgehead atoms. The van der Waals surface area contributed by atoms with Crippen LogP contribution in [0.3, 0.4) is 0 Å². The minimum absolute atomic E-state index is 0.0491. The van der Waals surface area contributed by atoms with Crippen LogP contribution in [0.1, 0.15) is 36.8 Å². The Morgan fingerprint density at radius 3 is 2.23 bits per heavy atom. The first kappa shape index (κ1) is 20.4. The molecule has 6 heteroatoms. The van der Waals surface area contributed by atoms with Gasteiger partial charge < -0.3 is 14.7 Å². The number of aliphatic carboxylic acids is 1. The van der Waals surface area contributed by atoms with Gasteiger partial charge in [-0.25, -0.2) is 9.59 Å². The molecule has 1 saturated heterocycles. The average Bonchev–Trinajstić information content (AvgIpc) is 3.07. The number of ether oxygens (including phenoxy) is 1. The number of carboxylic acids is 1. The summed E-state index contributed by atoms with van der Waals surface area (Å²) in [6, 6.07) is 16.4. The molecule has 4 rings (SSSR count). The minimum Gasteiger partial charge on any atom is -0.479 e. The lowest BCUT2D eigenvalue weighted by atomic mass is 9.82. The molecule has 1 aliphatic heterocycles. The maximum atomic E-state index is 12.9. The number of rotatable bonds is 4. The Bertz CT molecular complexity index is 930. The van der Waals surface area contributed by atoms with Gasteiger partial charge in [-0.3, -0.25) is 4.90 Å². The predicted octanol–water partition coefficient (Wildman–Crippen LogP) is 3.80. The van der Waals surface area contributed by atoms with E-state index < -0.39 is 17.6 Å². The number of carbonyl (C=O) groups excluding carboxylic acids is 1. The molecule has 0 radical (unpaired) electrons. The summed E-state index contributed by atoms with van der Waals surface area (Å²) in [5.74, 6) is -1.02. The van der Waals surface area contributed by atoms with Gasteiger partial charge in [-0.05, 0) is 49.1 Å². The Morgan fingerprint density at radius 2 is 1.70 bits per heavy atom. The van der Waals surface area contributed by atoms with Gasteiger partial charge in [-0.1, -0.05) is 48.5 Å². The molecular weight excluding hydrogens is 380 g/mol. The third kappa shape index (κ3) is 3.25. The van der Waals surface area contributed by atoms with E-state index in [-0.39, 0.29) is 18.6 Å². The van der Waals surface area contributed by atoms with E-state index in [0.717, 1.165) is 22.3 Å². The number of carbonyl (C=O) groups is 2. The highest BCUT2D eigenvalue weighted by atomic mass is 16.6. The van der Waals surface area contributed by atoms with Crippen molar-refractivity contribution in [2.24, 2.45) is 0 Å². The maximum absolute atomic E-state index is 12.9. The fourth-order valence-electron chi connectivity index (χ4n) is 4.84. The normalized spacial score (nSPS) is 23.5. The Morgan fingerprint density at radius 1 is 1.13 bits per heavy atom. The zero-order chi connectivity index (χ0) is 21.5. The summed E-state index contributed by atoms with van der Waals surface area (Å²) in [7, 11) is 3.52. The Balaban J connectivity index is 1.53. The lowest BCUT2D eigenvalue weighted by Gasteiger charge is -2.45. The first-order valence-corrected chi connectivity index (χ1v) is 10.4. The van der Waals surface area contributed by atoms with Gasteiger partial charge in [0, 0.05) is 25.6 Å². The van der Waals surface area contributed by atoms with E-state index in [2.05, 4.69) is 29.2 Å². The third-order valence-corrected chi connectivity index (χ3v) is 6.91. The van der Waals surface area contributed by atoms with Gasteiger partial charge in [0.25, 0.3) is 0 Å². The van der Waals surface area contributed by atoms with Gasteiger partial charge in [-0.15, -0.1) is 0 Å². The molecule has 30 heavy (non-hydrogen) atoms. The second-order valence-electron chi connectivity index (χ2n) is 8.48. The van der Waals surface area contributed by atoms with Crippen molar-refractivity contribution in [2.75, 3.05) is 27.2 Å². The van der Waals surface area contributed by atoms with Crippen LogP contribution in [-0.4, -0.2) is 65.8 Å². The number of amides is 1. The standard InChI is InChI=1S/C24H28N2O4/c1-16-14-24(22(27)28,12-13-25(16)2)26(3)23(29)30-15-21-19-10-6-4-8-17(19)18-9-5-7-11-20(18)21/h4-11,16,21H,12-15H2,1-3H3,(H,27,28). The molecule has 158 valence electrons. The van der Waals surface area contributed by atoms with Crippen LogP contribution >= 0.6 is 0 Å². The Labute approximate surface area is 177 Å². The molecule has 0 spiro atoms. The van der Waals surface area contributed by atoms with Gasteiger partial charge in [0.05, 0.1) is 0 Å². The van der Waals surface area contributed by atoms with E-state index in [1.807, 2.05) is 38.2 Å². The topological polar surface area (TPSA) is 70.1 Å². The molecular formula is C24H28N2O4. The Hall–Kier alpha value is -2.86. The maximum Gasteiger partial charge on any atom is 0.410 e. The van der Waals surface area contributed by atoms with Crippen LogP contribution in [0.15, 0.2) is 48.5 Å². The second-order valence-corrected chi connectivity index (χ2v) is 8.48. The highest BCUT2D eigenvalue weighted by Crippen LogP contribution is 2.44. The van der Waals surface area contributed by atoms with Crippen molar-refractivity contribution in [1.29, 1.82) is 0 Å². The third-order valence-electron chi connectivity index (χ3n) is 6.91. The van der Waals surface area contributed by atoms with Gasteiger partial charge in [0.1, 0.15) is 12.1 Å². The number of benzene rings is 2. The Kier molecular flexibility index (Phi) is 5.28. The predicted molar refractivity (Wildman–Crippen MR) is 115 cm³/mol. The van der Waals surface area contributed by atoms with Crippen molar-refractivity contribution in [2.45, 2.75) is 37.3 Å². The number of hydrogen-bond donors (Lipinski definition) is 1. The van der Waals surface area contributed by atoms with Crippen molar-refractivity contribution in [3.63, 3.8) is 0 Å². The van der Waals surface area contributed by atoms with E-state index in [4.69, 9.17) is 4.74 Å². The lowest BCUT2D eigenvalue weighted by molar-refractivity contribution is -0.154. The summed E-state index contributed by atoms with van der Waals surface area (Å²) < 4.78 is 5.70. The quantitative estimate of drug-likeness (QED) is 0.833. The van der Waals surface area contributed by atoms with Crippen LogP contribution in [-0.2, 0) is 9.53 Å². The van der Waals surface area contributed by atoms with Gasteiger partial charge in [-0.2, -0.15) is 0 Å². The number of carboxylic acid groups (broad SMARTS) is 1. The summed E-state index contributed by atoms with van der Waals surface area (Å²) in [6.07, 6.45) is 0.166. The molecule has 2 unspecified atom stereocenters. The van der Waals surface area contributed by atoms with Crippen LogP contribution in [0.25, 0.3) is 11.1 Å². The van der Waals surface area contributed by atoms with Crippen molar-refractivity contribution in [3.8, 4) is 11.1 Å². The van der Waals surface area contributed by atoms with Crippen LogP contribution < -0.4 is 0 Å². The van der Waals surface area contributed by atoms with Gasteiger partial charge in [0.2, 0.25) is 0 Å². The van der Waals surface area contributed by atoms with Crippen molar-refractivity contribution >= 4 is 12.1 Å². The first-order chi connectivity index (χ1) is 14.3. The van der Waals surface area contributed by atoms with Crippen molar-refractivity contribution in [3.05, 3.63) is 59.7 Å². The highest BCUT2D eigenvalue weighted by molar-refractivity contribution is 5.85. The minimum atomic E-state index is -1.24. The number of hydrogen-bond acceptors (Lipinski definition) is 4. The number of nitrogens with zero attached hydrogens (tertiary/aromatic N) is 2. The first-order valence-electron chi connectivity index (χ1n) is 10.4. The number of likely N-dealkylation sites (N-methyl/N-ethyl adjacent to an activating group) is 1. The number of piperidine rings is 1. The van der Waals surface area contributed by atoms with Crippen molar-refractivity contribution < 1.29 is 19.4 Å². The molecule has 0 aromatic heterocycles. The molecule has 2 aliphatic rings. The number of likely N-dealkylation sites (tertiary alicyclic amines) is 1. The van der Waals surface area contributed by atoms with Crippen LogP contribution in [0, 0.1) is 0 Å². The fraction of sp³-hybridized carbons (Fsp3) is 0.417. The monoisotopic (exact) mass is 408 g/mol. The zero-order valence-corrected chi connectivity index (χ0v) is 17.7. The average molecular weight is 408 g/mol. The molecule has 6 nitrogen and oxygen atoms in total. The smallest absolute Gasteiger partial charge is 0.410 e. The van der Waals surface area contributed by atoms with E-state index in [0.29, 0.717) is 19.4 Å². The van der Waals surface area contributed by atoms with E-state index in [9.17, 15) is 14.7 Å². The van der Waals surface area contributed by atoms with Crippen LogP contribution in [0.5, 0.6) is 0 Å². The second kappa shape index (κ2) is 7.76. The summed E-state index contributed by atoms with van der Waals surface area (Å²) in [6.45, 7) is 2.79. The summed E-state index contributed by atoms with van der Waals surface area (Å²) in [5, 5.41) is 9.98. The van der Waals surface area contributed by atoms with E-state index >= 15 is 0 Å². The largest absolute Gasteiger partial charge is 0.479 e. The molecule has 2 atom stereocenters. The molecule has 2 aromatic rings. The molecule has 1 amide bonds. The van der Waals surface area contributed by atoms with E-state index in [1.54, 1.807) is 7.05 Å². The zero-order valence-electron chi connectivity index (χ0n) is 17.7. The van der Waals surface area contributed by atoms with Gasteiger partial charge >= 0.3 is 12.1 Å². The molecule has 1 heterocycles. The van der Waals surface area contributed by atoms with E-state index in [1.165, 1.54) is 4.90 Å². The number of fused-ring (bicyclic) bond motifs is 3. The molecule has 1 N–H and O–H groups in total. The highest BCUT2D eigenvalue weighted by Gasteiger charge is 2.49. The SMILES string of the molecule is CC1CC(C(=O)O)(N(C)C(=O)OCC2c3ccccc3-c3ccccc32)CCN1C. The van der Waals surface area contributed by atoms with Gasteiger partial charge in [0.15, 0.2) is 0 Å². The summed E-state index contributed by atoms with van der Waals surface area (Å²) in [5.41, 5.74) is 3.35. The lowest BCUT2D eigenvalue weighted by Crippen LogP contribution is -2.62.